The Hall–Kier alpha value is -4.20. The number of benzene rings is 5. The molecule has 0 atom stereocenters. The van der Waals surface area contributed by atoms with Gasteiger partial charge in [-0.05, 0) is 168 Å². The van der Waals surface area contributed by atoms with Crippen LogP contribution >= 0.6 is 0 Å². The summed E-state index contributed by atoms with van der Waals surface area (Å²) in [6.07, 6.45) is 0. The first-order chi connectivity index (χ1) is 23.0. The molecule has 5 rings (SSSR count). The number of aryl methyl sites for hydroxylation is 6. The van der Waals surface area contributed by atoms with Crippen molar-refractivity contribution in [2.75, 3.05) is 29.6 Å². The van der Waals surface area contributed by atoms with E-state index in [2.05, 4.69) is 154 Å². The lowest BCUT2D eigenvalue weighted by Crippen LogP contribution is -2.56. The Morgan fingerprint density at radius 1 is 0.375 bits per heavy atom. The zero-order valence-corrected chi connectivity index (χ0v) is 31.1. The Labute approximate surface area is 289 Å². The molecular formula is C42H50N2O3Si. The molecule has 0 aliphatic rings. The van der Waals surface area contributed by atoms with Crippen molar-refractivity contribution in [1.29, 1.82) is 0 Å². The molecule has 0 aliphatic carbocycles. The van der Waals surface area contributed by atoms with Crippen LogP contribution in [0.2, 0.25) is 0 Å². The Kier molecular flexibility index (Phi) is 11.2. The molecule has 5 aromatic carbocycles. The summed E-state index contributed by atoms with van der Waals surface area (Å²) in [5, 5.41) is 0.963. The van der Waals surface area contributed by atoms with E-state index in [1.807, 2.05) is 20.8 Å². The average Bonchev–Trinajstić information content (AvgIpc) is 3.01. The Morgan fingerprint density at radius 3 is 0.896 bits per heavy atom. The van der Waals surface area contributed by atoms with E-state index in [1.54, 1.807) is 0 Å². The third-order valence-electron chi connectivity index (χ3n) is 8.24. The average molecular weight is 659 g/mol. The summed E-state index contributed by atoms with van der Waals surface area (Å²) >= 11 is 0. The van der Waals surface area contributed by atoms with Crippen molar-refractivity contribution < 1.29 is 13.3 Å². The largest absolute Gasteiger partial charge is 0.537 e. The highest BCUT2D eigenvalue weighted by molar-refractivity contribution is 6.75. The lowest BCUT2D eigenvalue weighted by Gasteiger charge is -2.31. The van der Waals surface area contributed by atoms with Crippen LogP contribution in [0.4, 0.5) is 34.1 Å². The molecule has 0 saturated carbocycles. The van der Waals surface area contributed by atoms with Crippen LogP contribution in [0.5, 0.6) is 0 Å². The van der Waals surface area contributed by atoms with Crippen LogP contribution in [0, 0.1) is 41.5 Å². The van der Waals surface area contributed by atoms with E-state index in [4.69, 9.17) is 13.3 Å². The third kappa shape index (κ3) is 7.91. The summed E-state index contributed by atoms with van der Waals surface area (Å²) in [4.78, 5) is 4.68. The van der Waals surface area contributed by atoms with Gasteiger partial charge in [0.15, 0.2) is 0 Å². The molecule has 0 spiro atoms. The maximum Gasteiger partial charge on any atom is 0.537 e. The Bertz CT molecular complexity index is 1710. The minimum Gasteiger partial charge on any atom is -0.370 e. The first kappa shape index (κ1) is 35.1. The molecule has 5 nitrogen and oxygen atoms in total. The van der Waals surface area contributed by atoms with Crippen LogP contribution in [-0.2, 0) is 13.3 Å². The summed E-state index contributed by atoms with van der Waals surface area (Å²) in [7, 11) is -3.03. The molecule has 0 saturated heterocycles. The fourth-order valence-corrected chi connectivity index (χ4v) is 9.11. The molecule has 0 amide bonds. The van der Waals surface area contributed by atoms with Crippen molar-refractivity contribution in [2.24, 2.45) is 0 Å². The van der Waals surface area contributed by atoms with E-state index in [0.717, 1.165) is 39.3 Å². The second kappa shape index (κ2) is 15.3. The van der Waals surface area contributed by atoms with Crippen molar-refractivity contribution in [1.82, 2.24) is 0 Å². The van der Waals surface area contributed by atoms with E-state index < -0.39 is 8.80 Å². The van der Waals surface area contributed by atoms with Crippen molar-refractivity contribution >= 4 is 48.1 Å². The van der Waals surface area contributed by atoms with Gasteiger partial charge < -0.3 is 23.1 Å². The molecular weight excluding hydrogens is 609 g/mol. The van der Waals surface area contributed by atoms with Gasteiger partial charge in [-0.15, -0.1) is 0 Å². The molecule has 0 bridgehead atoms. The first-order valence-corrected chi connectivity index (χ1v) is 18.8. The van der Waals surface area contributed by atoms with Gasteiger partial charge in [-0.2, -0.15) is 0 Å². The molecule has 0 aliphatic heterocycles. The molecule has 6 heteroatoms. The quantitative estimate of drug-likeness (QED) is 0.118. The highest BCUT2D eigenvalue weighted by atomic mass is 28.4. The SMILES string of the molecule is CCO[Si](OCC)(OCC)c1ccc(N(c2ccc(N(c3cc(C)cc(C)c3)c3cc(C)cc(C)c3)cc2)c2cc(C)cc(C)c2)cc1. The van der Waals surface area contributed by atoms with Crippen LogP contribution in [-0.4, -0.2) is 28.6 Å². The van der Waals surface area contributed by atoms with Crippen molar-refractivity contribution in [2.45, 2.75) is 62.3 Å². The fourth-order valence-electron chi connectivity index (χ4n) is 6.64. The van der Waals surface area contributed by atoms with Crippen LogP contribution < -0.4 is 15.0 Å². The van der Waals surface area contributed by atoms with Crippen LogP contribution in [0.15, 0.2) is 103 Å². The van der Waals surface area contributed by atoms with Gasteiger partial charge in [-0.3, -0.25) is 0 Å². The normalized spacial score (nSPS) is 11.5. The topological polar surface area (TPSA) is 34.2 Å². The van der Waals surface area contributed by atoms with Gasteiger partial charge in [-0.25, -0.2) is 0 Å². The van der Waals surface area contributed by atoms with Gasteiger partial charge >= 0.3 is 8.80 Å². The van der Waals surface area contributed by atoms with Crippen LogP contribution in [0.1, 0.15) is 54.2 Å². The summed E-state index contributed by atoms with van der Waals surface area (Å²) in [5.41, 5.74) is 14.0. The van der Waals surface area contributed by atoms with Gasteiger partial charge in [0.05, 0.1) is 0 Å². The Balaban J connectivity index is 1.62. The van der Waals surface area contributed by atoms with E-state index >= 15 is 0 Å². The second-order valence-electron chi connectivity index (χ2n) is 12.6. The molecule has 0 aromatic heterocycles. The summed E-state index contributed by atoms with van der Waals surface area (Å²) in [5.74, 6) is 0. The highest BCUT2D eigenvalue weighted by Crippen LogP contribution is 2.40. The molecule has 0 fully saturated rings. The standard InChI is InChI=1S/C42H50N2O3Si/c1-10-45-48(46-11-2,47-12-3)42-19-17-38(18-20-42)43(39-24-30(4)21-31(5)25-39)36-13-15-37(16-14-36)44(40-26-32(6)22-33(7)27-40)41-28-34(8)23-35(9)29-41/h13-29H,10-12H2,1-9H3. The number of nitrogens with zero attached hydrogens (tertiary/aromatic N) is 2. The predicted octanol–water partition coefficient (Wildman–Crippen LogP) is 10.7. The molecule has 250 valence electrons. The van der Waals surface area contributed by atoms with Crippen LogP contribution in [0.3, 0.4) is 0 Å². The monoisotopic (exact) mass is 658 g/mol. The lowest BCUT2D eigenvalue weighted by atomic mass is 10.1. The molecule has 48 heavy (non-hydrogen) atoms. The number of hydrogen-bond acceptors (Lipinski definition) is 5. The van der Waals surface area contributed by atoms with E-state index in [-0.39, 0.29) is 0 Å². The van der Waals surface area contributed by atoms with Crippen molar-refractivity contribution in [3.05, 3.63) is 137 Å². The Morgan fingerprint density at radius 2 is 0.625 bits per heavy atom. The minimum atomic E-state index is -3.03. The first-order valence-electron chi connectivity index (χ1n) is 17.0. The highest BCUT2D eigenvalue weighted by Gasteiger charge is 2.43. The minimum absolute atomic E-state index is 0.524. The zero-order valence-electron chi connectivity index (χ0n) is 30.1. The number of hydrogen-bond donors (Lipinski definition) is 0. The summed E-state index contributed by atoms with van der Waals surface area (Å²) in [6.45, 7) is 20.5. The van der Waals surface area contributed by atoms with Gasteiger partial charge in [0.1, 0.15) is 0 Å². The molecule has 0 radical (unpaired) electrons. The van der Waals surface area contributed by atoms with E-state index in [1.165, 1.54) is 33.4 Å². The summed E-state index contributed by atoms with van der Waals surface area (Å²) < 4.78 is 18.6. The van der Waals surface area contributed by atoms with Crippen molar-refractivity contribution in [3.8, 4) is 0 Å². The molecule has 0 heterocycles. The van der Waals surface area contributed by atoms with Crippen LogP contribution in [0.25, 0.3) is 0 Å². The summed E-state index contributed by atoms with van der Waals surface area (Å²) in [6, 6.07) is 37.6. The molecule has 0 N–H and O–H groups in total. The maximum absolute atomic E-state index is 6.21. The van der Waals surface area contributed by atoms with Gasteiger partial charge in [0.2, 0.25) is 0 Å². The van der Waals surface area contributed by atoms with Gasteiger partial charge in [0.25, 0.3) is 0 Å². The molecule has 0 unspecified atom stereocenters. The van der Waals surface area contributed by atoms with Crippen molar-refractivity contribution in [3.63, 3.8) is 0 Å². The van der Waals surface area contributed by atoms with Gasteiger partial charge in [-0.1, -0.05) is 30.3 Å². The predicted molar refractivity (Wildman–Crippen MR) is 204 cm³/mol. The molecule has 5 aromatic rings. The van der Waals surface area contributed by atoms with Gasteiger partial charge in [0, 0.05) is 59.1 Å². The third-order valence-corrected chi connectivity index (χ3v) is 11.3. The van der Waals surface area contributed by atoms with E-state index in [9.17, 15) is 0 Å². The zero-order chi connectivity index (χ0) is 34.4. The lowest BCUT2D eigenvalue weighted by molar-refractivity contribution is 0.0859. The number of anilines is 6. The fraction of sp³-hybridized carbons (Fsp3) is 0.286. The maximum atomic E-state index is 6.21. The van der Waals surface area contributed by atoms with E-state index in [0.29, 0.717) is 19.8 Å². The smallest absolute Gasteiger partial charge is 0.370 e. The number of rotatable bonds is 13. The second-order valence-corrected chi connectivity index (χ2v) is 15.2.